The average molecular weight is 300 g/mol. The van der Waals surface area contributed by atoms with Crippen molar-refractivity contribution >= 4 is 29.1 Å². The molecule has 0 N–H and O–H groups in total. The number of benzene rings is 1. The van der Waals surface area contributed by atoms with E-state index in [4.69, 9.17) is 11.6 Å². The molecule has 2 amide bonds. The van der Waals surface area contributed by atoms with Gasteiger partial charge in [-0.1, -0.05) is 11.6 Å². The van der Waals surface area contributed by atoms with Crippen molar-refractivity contribution in [2.75, 3.05) is 27.7 Å². The molecule has 0 aliphatic rings. The van der Waals surface area contributed by atoms with Gasteiger partial charge in [0.25, 0.3) is 11.6 Å². The number of hydrogen-bond acceptors (Lipinski definition) is 4. The second-order valence-electron chi connectivity index (χ2n) is 4.37. The van der Waals surface area contributed by atoms with Crippen LogP contribution in [0.15, 0.2) is 18.2 Å². The number of nitro groups is 1. The average Bonchev–Trinajstić information content (AvgIpc) is 2.36. The Balaban J connectivity index is 3.05. The Morgan fingerprint density at radius 3 is 2.40 bits per heavy atom. The summed E-state index contributed by atoms with van der Waals surface area (Å²) >= 11 is 5.76. The Bertz CT molecular complexity index is 560. The van der Waals surface area contributed by atoms with Crippen molar-refractivity contribution in [1.82, 2.24) is 9.80 Å². The molecule has 0 heterocycles. The van der Waals surface area contributed by atoms with Gasteiger partial charge in [0, 0.05) is 32.2 Å². The minimum Gasteiger partial charge on any atom is -0.347 e. The number of hydrogen-bond donors (Lipinski definition) is 0. The molecule has 1 rings (SSSR count). The maximum atomic E-state index is 12.2. The largest absolute Gasteiger partial charge is 0.347 e. The fourth-order valence-electron chi connectivity index (χ4n) is 1.46. The Labute approximate surface area is 120 Å². The Morgan fingerprint density at radius 2 is 1.90 bits per heavy atom. The van der Waals surface area contributed by atoms with Crippen LogP contribution < -0.4 is 0 Å². The summed E-state index contributed by atoms with van der Waals surface area (Å²) in [6.45, 7) is -0.171. The molecular formula is C12H14ClN3O4. The summed E-state index contributed by atoms with van der Waals surface area (Å²) in [5, 5.41) is 11.1. The number of amides is 2. The van der Waals surface area contributed by atoms with Crippen molar-refractivity contribution in [1.29, 1.82) is 0 Å². The van der Waals surface area contributed by atoms with Gasteiger partial charge in [0.2, 0.25) is 5.91 Å². The summed E-state index contributed by atoms with van der Waals surface area (Å²) in [6, 6.07) is 3.72. The number of carbonyl (C=O) groups excluding carboxylic acids is 2. The fourth-order valence-corrected chi connectivity index (χ4v) is 1.63. The van der Waals surface area contributed by atoms with E-state index < -0.39 is 10.8 Å². The van der Waals surface area contributed by atoms with Crippen molar-refractivity contribution in [3.8, 4) is 0 Å². The highest BCUT2D eigenvalue weighted by atomic mass is 35.5. The Morgan fingerprint density at radius 1 is 1.30 bits per heavy atom. The topological polar surface area (TPSA) is 83.8 Å². The zero-order valence-corrected chi connectivity index (χ0v) is 12.0. The van der Waals surface area contributed by atoms with Gasteiger partial charge in [-0.2, -0.15) is 0 Å². The lowest BCUT2D eigenvalue weighted by Gasteiger charge is -2.19. The van der Waals surface area contributed by atoms with E-state index in [0.29, 0.717) is 0 Å². The van der Waals surface area contributed by atoms with Gasteiger partial charge in [0.15, 0.2) is 0 Å². The quantitative estimate of drug-likeness (QED) is 0.621. The van der Waals surface area contributed by atoms with Crippen LogP contribution in [-0.2, 0) is 4.79 Å². The standard InChI is InChI=1S/C12H14ClN3O4/c1-14(2)11(17)7-15(3)12(18)9-6-8(13)4-5-10(9)16(19)20/h4-6H,7H2,1-3H3. The molecule has 0 radical (unpaired) electrons. The van der Waals surface area contributed by atoms with E-state index in [1.807, 2.05) is 0 Å². The first-order chi connectivity index (χ1) is 9.23. The smallest absolute Gasteiger partial charge is 0.282 e. The van der Waals surface area contributed by atoms with Crippen LogP contribution in [0.3, 0.4) is 0 Å². The molecule has 20 heavy (non-hydrogen) atoms. The third kappa shape index (κ3) is 3.67. The van der Waals surface area contributed by atoms with Crippen molar-refractivity contribution in [3.05, 3.63) is 38.9 Å². The van der Waals surface area contributed by atoms with Crippen molar-refractivity contribution in [3.63, 3.8) is 0 Å². The van der Waals surface area contributed by atoms with Crippen LogP contribution in [0.25, 0.3) is 0 Å². The summed E-state index contributed by atoms with van der Waals surface area (Å²) in [5.74, 6) is -0.917. The number of likely N-dealkylation sites (N-methyl/N-ethyl adjacent to an activating group) is 2. The van der Waals surface area contributed by atoms with Gasteiger partial charge in [-0.25, -0.2) is 0 Å². The molecule has 0 bridgehead atoms. The summed E-state index contributed by atoms with van der Waals surface area (Å²) < 4.78 is 0. The van der Waals surface area contributed by atoms with E-state index in [1.165, 1.54) is 24.1 Å². The zero-order valence-electron chi connectivity index (χ0n) is 11.3. The van der Waals surface area contributed by atoms with Crippen molar-refractivity contribution in [2.45, 2.75) is 0 Å². The summed E-state index contributed by atoms with van der Waals surface area (Å²) in [7, 11) is 4.51. The van der Waals surface area contributed by atoms with Gasteiger partial charge in [-0.15, -0.1) is 0 Å². The number of nitro benzene ring substituents is 1. The SMILES string of the molecule is CN(C)C(=O)CN(C)C(=O)c1cc(Cl)ccc1[N+](=O)[O-]. The molecule has 0 saturated carbocycles. The first-order valence-corrected chi connectivity index (χ1v) is 6.01. The molecule has 0 fully saturated rings. The molecule has 108 valence electrons. The van der Waals surface area contributed by atoms with Gasteiger partial charge in [-0.3, -0.25) is 19.7 Å². The van der Waals surface area contributed by atoms with Crippen LogP contribution in [0.1, 0.15) is 10.4 Å². The highest BCUT2D eigenvalue weighted by molar-refractivity contribution is 6.31. The monoisotopic (exact) mass is 299 g/mol. The van der Waals surface area contributed by atoms with E-state index in [9.17, 15) is 19.7 Å². The Kier molecular flexibility index (Phi) is 5.04. The molecular weight excluding hydrogens is 286 g/mol. The van der Waals surface area contributed by atoms with E-state index in [2.05, 4.69) is 0 Å². The molecule has 0 aliphatic carbocycles. The summed E-state index contributed by atoms with van der Waals surface area (Å²) in [6.07, 6.45) is 0. The van der Waals surface area contributed by atoms with Gasteiger partial charge in [0.05, 0.1) is 11.5 Å². The predicted octanol–water partition coefficient (Wildman–Crippen LogP) is 1.41. The number of rotatable bonds is 4. The fraction of sp³-hybridized carbons (Fsp3) is 0.333. The molecule has 0 saturated heterocycles. The maximum absolute atomic E-state index is 12.2. The molecule has 0 unspecified atom stereocenters. The van der Waals surface area contributed by atoms with Gasteiger partial charge in [-0.05, 0) is 12.1 Å². The van der Waals surface area contributed by atoms with Crippen LogP contribution in [0.5, 0.6) is 0 Å². The second-order valence-corrected chi connectivity index (χ2v) is 4.80. The van der Waals surface area contributed by atoms with Gasteiger partial charge < -0.3 is 9.80 Å². The van der Waals surface area contributed by atoms with Crippen LogP contribution >= 0.6 is 11.6 Å². The Hall–Kier alpha value is -2.15. The van der Waals surface area contributed by atoms with Crippen LogP contribution in [0.4, 0.5) is 5.69 Å². The van der Waals surface area contributed by atoms with E-state index in [0.717, 1.165) is 11.0 Å². The number of carbonyl (C=O) groups is 2. The maximum Gasteiger partial charge on any atom is 0.282 e. The van der Waals surface area contributed by atoms with Crippen LogP contribution in [0.2, 0.25) is 5.02 Å². The lowest BCUT2D eigenvalue weighted by atomic mass is 10.1. The van der Waals surface area contributed by atoms with E-state index >= 15 is 0 Å². The molecule has 7 nitrogen and oxygen atoms in total. The first-order valence-electron chi connectivity index (χ1n) is 5.63. The molecule has 1 aromatic rings. The van der Waals surface area contributed by atoms with Crippen molar-refractivity contribution < 1.29 is 14.5 Å². The van der Waals surface area contributed by atoms with Crippen LogP contribution in [0, 0.1) is 10.1 Å². The highest BCUT2D eigenvalue weighted by Gasteiger charge is 2.24. The molecule has 0 aliphatic heterocycles. The third-order valence-corrected chi connectivity index (χ3v) is 2.84. The molecule has 0 aromatic heterocycles. The molecule has 1 aromatic carbocycles. The van der Waals surface area contributed by atoms with E-state index in [1.54, 1.807) is 14.1 Å². The van der Waals surface area contributed by atoms with E-state index in [-0.39, 0.29) is 28.7 Å². The molecule has 8 heteroatoms. The lowest BCUT2D eigenvalue weighted by molar-refractivity contribution is -0.385. The highest BCUT2D eigenvalue weighted by Crippen LogP contribution is 2.23. The summed E-state index contributed by atoms with van der Waals surface area (Å²) in [4.78, 5) is 36.4. The lowest BCUT2D eigenvalue weighted by Crippen LogP contribution is -2.38. The minimum atomic E-state index is -0.662. The van der Waals surface area contributed by atoms with Gasteiger partial charge >= 0.3 is 0 Å². The minimum absolute atomic E-state index is 0.142. The molecule has 0 spiro atoms. The second kappa shape index (κ2) is 6.33. The first kappa shape index (κ1) is 15.9. The third-order valence-electron chi connectivity index (χ3n) is 2.60. The summed E-state index contributed by atoms with van der Waals surface area (Å²) in [5.41, 5.74) is -0.486. The number of halogens is 1. The normalized spacial score (nSPS) is 10.0. The van der Waals surface area contributed by atoms with Crippen molar-refractivity contribution in [2.24, 2.45) is 0 Å². The van der Waals surface area contributed by atoms with Crippen LogP contribution in [-0.4, -0.2) is 54.2 Å². The number of nitrogens with zero attached hydrogens (tertiary/aromatic N) is 3. The molecule has 0 atom stereocenters. The zero-order chi connectivity index (χ0) is 15.4. The van der Waals surface area contributed by atoms with Gasteiger partial charge in [0.1, 0.15) is 5.56 Å². The predicted molar refractivity (Wildman–Crippen MR) is 73.8 cm³/mol.